The molecule has 0 aromatic heterocycles. The number of carbonyl (C=O) groups is 2. The highest BCUT2D eigenvalue weighted by molar-refractivity contribution is 5.90. The molecule has 0 aliphatic carbocycles. The van der Waals surface area contributed by atoms with Crippen LogP contribution in [0.1, 0.15) is 57.9 Å². The lowest BCUT2D eigenvalue weighted by Crippen LogP contribution is -2.45. The fourth-order valence-electron chi connectivity index (χ4n) is 3.24. The van der Waals surface area contributed by atoms with Gasteiger partial charge in [0.15, 0.2) is 0 Å². The molecule has 150 valence electrons. The predicted octanol–water partition coefficient (Wildman–Crippen LogP) is 3.92. The first-order valence-electron chi connectivity index (χ1n) is 10.2. The van der Waals surface area contributed by atoms with Crippen molar-refractivity contribution in [2.24, 2.45) is 0 Å². The zero-order valence-corrected chi connectivity index (χ0v) is 16.6. The highest BCUT2D eigenvalue weighted by Gasteiger charge is 2.20. The molecule has 0 radical (unpaired) electrons. The number of rotatable bonds is 9. The number of benzene rings is 1. The first-order chi connectivity index (χ1) is 13.1. The van der Waals surface area contributed by atoms with Crippen LogP contribution in [0.15, 0.2) is 24.3 Å². The lowest BCUT2D eigenvalue weighted by atomic mass is 10.1. The third-order valence-electron chi connectivity index (χ3n) is 4.61. The molecule has 1 atom stereocenters. The third-order valence-corrected chi connectivity index (χ3v) is 4.61. The van der Waals surface area contributed by atoms with E-state index in [4.69, 9.17) is 4.74 Å². The Balaban J connectivity index is 1.87. The van der Waals surface area contributed by atoms with E-state index in [1.165, 1.54) is 6.42 Å². The van der Waals surface area contributed by atoms with E-state index >= 15 is 0 Å². The first kappa shape index (κ1) is 21.2. The molecular formula is C21H33N3O3. The number of carbonyl (C=O) groups excluding carboxylic acids is 2. The molecule has 1 unspecified atom stereocenters. The van der Waals surface area contributed by atoms with E-state index in [1.807, 2.05) is 36.1 Å². The first-order valence-corrected chi connectivity index (χ1v) is 10.2. The lowest BCUT2D eigenvalue weighted by Gasteiger charge is -2.30. The van der Waals surface area contributed by atoms with Crippen LogP contribution in [0.5, 0.6) is 0 Å². The average Bonchev–Trinajstić information content (AvgIpc) is 2.67. The summed E-state index contributed by atoms with van der Waals surface area (Å²) in [7, 11) is 0. The van der Waals surface area contributed by atoms with Crippen LogP contribution in [0, 0.1) is 0 Å². The molecule has 6 heteroatoms. The second kappa shape index (κ2) is 11.6. The smallest absolute Gasteiger partial charge is 0.317 e. The van der Waals surface area contributed by atoms with Crippen LogP contribution in [0.25, 0.3) is 0 Å². The maximum atomic E-state index is 12.6. The van der Waals surface area contributed by atoms with Crippen molar-refractivity contribution in [3.8, 4) is 0 Å². The molecule has 2 N–H and O–H groups in total. The van der Waals surface area contributed by atoms with Gasteiger partial charge >= 0.3 is 6.03 Å². The van der Waals surface area contributed by atoms with Gasteiger partial charge in [-0.15, -0.1) is 0 Å². The van der Waals surface area contributed by atoms with Gasteiger partial charge in [0.05, 0.1) is 6.10 Å². The van der Waals surface area contributed by atoms with E-state index in [-0.39, 0.29) is 18.0 Å². The van der Waals surface area contributed by atoms with Crippen LogP contribution in [-0.4, -0.2) is 42.6 Å². The molecule has 1 aliphatic heterocycles. The SMILES string of the molecule is CCCC(=O)Nc1cccc(CNC(=O)N(CCC)CC2CCCCO2)c1. The minimum Gasteiger partial charge on any atom is -0.376 e. The van der Waals surface area contributed by atoms with Gasteiger partial charge in [-0.05, 0) is 49.8 Å². The topological polar surface area (TPSA) is 70.7 Å². The highest BCUT2D eigenvalue weighted by Crippen LogP contribution is 2.15. The fourth-order valence-corrected chi connectivity index (χ4v) is 3.24. The molecule has 0 saturated carbocycles. The lowest BCUT2D eigenvalue weighted by molar-refractivity contribution is -0.116. The summed E-state index contributed by atoms with van der Waals surface area (Å²) >= 11 is 0. The van der Waals surface area contributed by atoms with E-state index in [2.05, 4.69) is 17.6 Å². The molecule has 1 aromatic rings. The number of ether oxygens (including phenoxy) is 1. The van der Waals surface area contributed by atoms with Gasteiger partial charge in [-0.3, -0.25) is 4.79 Å². The monoisotopic (exact) mass is 375 g/mol. The van der Waals surface area contributed by atoms with Crippen molar-refractivity contribution in [1.82, 2.24) is 10.2 Å². The summed E-state index contributed by atoms with van der Waals surface area (Å²) in [5.74, 6) is 0.0142. The van der Waals surface area contributed by atoms with Crippen LogP contribution < -0.4 is 10.6 Å². The molecule has 6 nitrogen and oxygen atoms in total. The molecule has 1 heterocycles. The van der Waals surface area contributed by atoms with Crippen molar-refractivity contribution < 1.29 is 14.3 Å². The summed E-state index contributed by atoms with van der Waals surface area (Å²) in [6, 6.07) is 7.55. The third kappa shape index (κ3) is 7.59. The molecule has 0 spiro atoms. The van der Waals surface area contributed by atoms with Gasteiger partial charge in [0.25, 0.3) is 0 Å². The van der Waals surface area contributed by atoms with E-state index in [0.29, 0.717) is 19.5 Å². The van der Waals surface area contributed by atoms with E-state index in [9.17, 15) is 9.59 Å². The predicted molar refractivity (Wildman–Crippen MR) is 108 cm³/mol. The zero-order valence-electron chi connectivity index (χ0n) is 16.6. The molecule has 27 heavy (non-hydrogen) atoms. The van der Waals surface area contributed by atoms with Crippen LogP contribution in [0.2, 0.25) is 0 Å². The van der Waals surface area contributed by atoms with Crippen molar-refractivity contribution >= 4 is 17.6 Å². The van der Waals surface area contributed by atoms with Gasteiger partial charge in [-0.2, -0.15) is 0 Å². The number of nitrogens with zero attached hydrogens (tertiary/aromatic N) is 1. The Morgan fingerprint density at radius 1 is 1.22 bits per heavy atom. The molecular weight excluding hydrogens is 342 g/mol. The number of amides is 3. The number of urea groups is 1. The summed E-state index contributed by atoms with van der Waals surface area (Å²) in [5, 5.41) is 5.89. The van der Waals surface area contributed by atoms with E-state index < -0.39 is 0 Å². The second-order valence-corrected chi connectivity index (χ2v) is 7.09. The Kier molecular flexibility index (Phi) is 9.11. The number of hydrogen-bond donors (Lipinski definition) is 2. The number of hydrogen-bond acceptors (Lipinski definition) is 3. The summed E-state index contributed by atoms with van der Waals surface area (Å²) in [5.41, 5.74) is 1.73. The largest absolute Gasteiger partial charge is 0.376 e. The zero-order chi connectivity index (χ0) is 19.5. The molecule has 1 aromatic carbocycles. The van der Waals surface area contributed by atoms with Gasteiger partial charge < -0.3 is 20.3 Å². The summed E-state index contributed by atoms with van der Waals surface area (Å²) in [4.78, 5) is 26.2. The molecule has 2 rings (SSSR count). The van der Waals surface area contributed by atoms with Gasteiger partial charge in [0.1, 0.15) is 0 Å². The van der Waals surface area contributed by atoms with Gasteiger partial charge in [0, 0.05) is 38.3 Å². The maximum Gasteiger partial charge on any atom is 0.317 e. The fraction of sp³-hybridized carbons (Fsp3) is 0.619. The standard InChI is InChI=1S/C21H33N3O3/c1-3-8-20(25)23-18-10-7-9-17(14-18)15-22-21(26)24(12-4-2)16-19-11-5-6-13-27-19/h7,9-10,14,19H,3-6,8,11-13,15-16H2,1-2H3,(H,22,26)(H,23,25). The van der Waals surface area contributed by atoms with Crippen molar-refractivity contribution in [3.63, 3.8) is 0 Å². The van der Waals surface area contributed by atoms with E-state index in [0.717, 1.165) is 50.1 Å². The van der Waals surface area contributed by atoms with Crippen LogP contribution in [0.3, 0.4) is 0 Å². The molecule has 1 fully saturated rings. The van der Waals surface area contributed by atoms with Crippen LogP contribution in [-0.2, 0) is 16.1 Å². The Bertz CT molecular complexity index is 600. The Morgan fingerprint density at radius 3 is 2.78 bits per heavy atom. The molecule has 1 aliphatic rings. The molecule has 1 saturated heterocycles. The molecule has 3 amide bonds. The second-order valence-electron chi connectivity index (χ2n) is 7.09. The van der Waals surface area contributed by atoms with E-state index in [1.54, 1.807) is 0 Å². The molecule has 0 bridgehead atoms. The maximum absolute atomic E-state index is 12.6. The van der Waals surface area contributed by atoms with Crippen molar-refractivity contribution in [3.05, 3.63) is 29.8 Å². The Labute approximate surface area is 162 Å². The quantitative estimate of drug-likeness (QED) is 0.687. The van der Waals surface area contributed by atoms with Gasteiger partial charge in [-0.1, -0.05) is 26.0 Å². The summed E-state index contributed by atoms with van der Waals surface area (Å²) in [6.07, 6.45) is 5.69. The minimum absolute atomic E-state index is 0.0142. The van der Waals surface area contributed by atoms with Crippen molar-refractivity contribution in [1.29, 1.82) is 0 Å². The summed E-state index contributed by atoms with van der Waals surface area (Å²) in [6.45, 7) is 6.65. The Hall–Kier alpha value is -2.08. The van der Waals surface area contributed by atoms with Crippen molar-refractivity contribution in [2.45, 2.75) is 65.0 Å². The van der Waals surface area contributed by atoms with Crippen LogP contribution >= 0.6 is 0 Å². The van der Waals surface area contributed by atoms with Crippen molar-refractivity contribution in [2.75, 3.05) is 25.0 Å². The Morgan fingerprint density at radius 2 is 2.07 bits per heavy atom. The highest BCUT2D eigenvalue weighted by atomic mass is 16.5. The number of anilines is 1. The average molecular weight is 376 g/mol. The van der Waals surface area contributed by atoms with Crippen LogP contribution in [0.4, 0.5) is 10.5 Å². The minimum atomic E-state index is -0.0635. The van der Waals surface area contributed by atoms with Gasteiger partial charge in [-0.25, -0.2) is 4.79 Å². The number of nitrogens with one attached hydrogen (secondary N) is 2. The normalized spacial score (nSPS) is 16.6. The van der Waals surface area contributed by atoms with Gasteiger partial charge in [0.2, 0.25) is 5.91 Å². The summed E-state index contributed by atoms with van der Waals surface area (Å²) < 4.78 is 5.78.